The largest absolute Gasteiger partial charge is 0.481 e. The molecule has 14 heavy (non-hydrogen) atoms. The normalized spacial score (nSPS) is 19.3. The molecule has 0 aliphatic heterocycles. The molecule has 0 radical (unpaired) electrons. The number of nitrogens with zero attached hydrogens (tertiary/aromatic N) is 1. The second-order valence-electron chi connectivity index (χ2n) is 3.65. The summed E-state index contributed by atoms with van der Waals surface area (Å²) < 4.78 is 0. The molecule has 1 aliphatic carbocycles. The zero-order chi connectivity index (χ0) is 10.1. The van der Waals surface area contributed by atoms with Gasteiger partial charge in [-0.2, -0.15) is 0 Å². The Morgan fingerprint density at radius 3 is 3.21 bits per heavy atom. The van der Waals surface area contributed by atoms with E-state index in [1.807, 2.05) is 6.07 Å². The molecule has 3 N–H and O–H groups in total. The van der Waals surface area contributed by atoms with Gasteiger partial charge in [0.25, 0.3) is 0 Å². The van der Waals surface area contributed by atoms with Gasteiger partial charge in [-0.1, -0.05) is 0 Å². The number of carboxylic acid groups (broad SMARTS) is 1. The van der Waals surface area contributed by atoms with Crippen molar-refractivity contribution in [1.29, 1.82) is 0 Å². The average Bonchev–Trinajstić information content (AvgIpc) is 2.47. The summed E-state index contributed by atoms with van der Waals surface area (Å²) in [6, 6.07) is 1.89. The molecule has 0 saturated carbocycles. The second-order valence-corrected chi connectivity index (χ2v) is 3.65. The van der Waals surface area contributed by atoms with Crippen LogP contribution in [0.2, 0.25) is 0 Å². The van der Waals surface area contributed by atoms with Crippen LogP contribution in [0.1, 0.15) is 30.0 Å². The smallest absolute Gasteiger partial charge is 0.304 e. The average molecular weight is 192 g/mol. The van der Waals surface area contributed by atoms with Crippen LogP contribution in [0.15, 0.2) is 12.3 Å². The minimum Gasteiger partial charge on any atom is -0.481 e. The van der Waals surface area contributed by atoms with Gasteiger partial charge >= 0.3 is 5.97 Å². The quantitative estimate of drug-likeness (QED) is 0.737. The third-order valence-corrected chi connectivity index (χ3v) is 2.59. The van der Waals surface area contributed by atoms with Crippen LogP contribution in [-0.4, -0.2) is 16.1 Å². The number of carbonyl (C=O) groups is 1. The van der Waals surface area contributed by atoms with Gasteiger partial charge in [0.2, 0.25) is 0 Å². The molecule has 4 heteroatoms. The SMILES string of the molecule is Nc1cnc2c(c1)CCC2CC(=O)O. The number of hydrogen-bond donors (Lipinski definition) is 2. The Kier molecular flexibility index (Phi) is 2.11. The van der Waals surface area contributed by atoms with Crippen molar-refractivity contribution in [2.45, 2.75) is 25.2 Å². The highest BCUT2D eigenvalue weighted by Crippen LogP contribution is 2.34. The summed E-state index contributed by atoms with van der Waals surface area (Å²) in [5.41, 5.74) is 8.28. The molecule has 0 amide bonds. The van der Waals surface area contributed by atoms with Crippen molar-refractivity contribution in [2.24, 2.45) is 0 Å². The summed E-state index contributed by atoms with van der Waals surface area (Å²) in [5.74, 6) is -0.690. The van der Waals surface area contributed by atoms with Gasteiger partial charge in [-0.05, 0) is 24.5 Å². The van der Waals surface area contributed by atoms with Gasteiger partial charge in [0.05, 0.1) is 18.3 Å². The second kappa shape index (κ2) is 3.29. The highest BCUT2D eigenvalue weighted by Gasteiger charge is 2.25. The fourth-order valence-electron chi connectivity index (χ4n) is 1.98. The van der Waals surface area contributed by atoms with E-state index >= 15 is 0 Å². The van der Waals surface area contributed by atoms with Gasteiger partial charge < -0.3 is 10.8 Å². The number of fused-ring (bicyclic) bond motifs is 1. The van der Waals surface area contributed by atoms with Crippen molar-refractivity contribution in [2.75, 3.05) is 5.73 Å². The molecule has 0 aromatic carbocycles. The Hall–Kier alpha value is -1.58. The van der Waals surface area contributed by atoms with E-state index in [4.69, 9.17) is 10.8 Å². The molecular formula is C10H12N2O2. The number of nitrogen functional groups attached to an aromatic ring is 1. The molecule has 0 spiro atoms. The lowest BCUT2D eigenvalue weighted by atomic mass is 10.0. The van der Waals surface area contributed by atoms with Gasteiger partial charge in [0.1, 0.15) is 0 Å². The predicted octanol–water partition coefficient (Wildman–Crippen LogP) is 1.17. The van der Waals surface area contributed by atoms with Gasteiger partial charge in [0.15, 0.2) is 0 Å². The highest BCUT2D eigenvalue weighted by molar-refractivity contribution is 5.68. The molecule has 1 atom stereocenters. The van der Waals surface area contributed by atoms with Crippen LogP contribution in [0.25, 0.3) is 0 Å². The van der Waals surface area contributed by atoms with E-state index in [0.29, 0.717) is 5.69 Å². The Morgan fingerprint density at radius 2 is 2.50 bits per heavy atom. The van der Waals surface area contributed by atoms with Crippen molar-refractivity contribution in [3.63, 3.8) is 0 Å². The van der Waals surface area contributed by atoms with Crippen LogP contribution in [0.3, 0.4) is 0 Å². The molecular weight excluding hydrogens is 180 g/mol. The van der Waals surface area contributed by atoms with E-state index in [9.17, 15) is 4.79 Å². The number of aryl methyl sites for hydroxylation is 1. The zero-order valence-electron chi connectivity index (χ0n) is 7.73. The topological polar surface area (TPSA) is 76.2 Å². The van der Waals surface area contributed by atoms with Crippen LogP contribution in [0.5, 0.6) is 0 Å². The molecule has 1 aromatic rings. The fourth-order valence-corrected chi connectivity index (χ4v) is 1.98. The summed E-state index contributed by atoms with van der Waals surface area (Å²) in [6.07, 6.45) is 3.53. The van der Waals surface area contributed by atoms with E-state index in [1.54, 1.807) is 6.20 Å². The number of rotatable bonds is 2. The monoisotopic (exact) mass is 192 g/mol. The third-order valence-electron chi connectivity index (χ3n) is 2.59. The molecule has 2 rings (SSSR count). The first-order chi connectivity index (χ1) is 6.66. The van der Waals surface area contributed by atoms with Crippen LogP contribution in [0.4, 0.5) is 5.69 Å². The first-order valence-electron chi connectivity index (χ1n) is 4.63. The molecule has 74 valence electrons. The summed E-state index contributed by atoms with van der Waals surface area (Å²) in [4.78, 5) is 14.8. The van der Waals surface area contributed by atoms with Crippen LogP contribution >= 0.6 is 0 Å². The third kappa shape index (κ3) is 1.55. The van der Waals surface area contributed by atoms with Gasteiger partial charge in [-0.15, -0.1) is 0 Å². The molecule has 1 aromatic heterocycles. The maximum atomic E-state index is 10.6. The maximum absolute atomic E-state index is 10.6. The molecule has 1 unspecified atom stereocenters. The van der Waals surface area contributed by atoms with Gasteiger partial charge in [-0.3, -0.25) is 9.78 Å². The van der Waals surface area contributed by atoms with Crippen molar-refractivity contribution >= 4 is 11.7 Å². The van der Waals surface area contributed by atoms with E-state index in [2.05, 4.69) is 4.98 Å². The number of carboxylic acids is 1. The summed E-state index contributed by atoms with van der Waals surface area (Å²) in [5, 5.41) is 8.70. The minimum atomic E-state index is -0.763. The lowest BCUT2D eigenvalue weighted by molar-refractivity contribution is -0.137. The van der Waals surface area contributed by atoms with Gasteiger partial charge in [-0.25, -0.2) is 0 Å². The van der Waals surface area contributed by atoms with E-state index in [-0.39, 0.29) is 12.3 Å². The summed E-state index contributed by atoms with van der Waals surface area (Å²) >= 11 is 0. The van der Waals surface area contributed by atoms with Crippen molar-refractivity contribution in [3.05, 3.63) is 23.5 Å². The summed E-state index contributed by atoms with van der Waals surface area (Å²) in [6.45, 7) is 0. The molecule has 0 fully saturated rings. The Bertz CT molecular complexity index is 376. The lowest BCUT2D eigenvalue weighted by Gasteiger charge is -2.06. The Labute approximate surface area is 81.8 Å². The molecule has 1 heterocycles. The first-order valence-corrected chi connectivity index (χ1v) is 4.63. The Morgan fingerprint density at radius 1 is 1.71 bits per heavy atom. The number of anilines is 1. The number of aromatic nitrogens is 1. The van der Waals surface area contributed by atoms with E-state index in [0.717, 1.165) is 24.1 Å². The zero-order valence-corrected chi connectivity index (χ0v) is 7.73. The molecule has 0 saturated heterocycles. The van der Waals surface area contributed by atoms with E-state index in [1.165, 1.54) is 0 Å². The van der Waals surface area contributed by atoms with Crippen LogP contribution in [-0.2, 0) is 11.2 Å². The standard InChI is InChI=1S/C10H12N2O2/c11-8-3-6-1-2-7(4-9(13)14)10(6)12-5-8/h3,5,7H,1-2,4,11H2,(H,13,14). The highest BCUT2D eigenvalue weighted by atomic mass is 16.4. The number of hydrogen-bond acceptors (Lipinski definition) is 3. The Balaban J connectivity index is 2.26. The van der Waals surface area contributed by atoms with Crippen molar-refractivity contribution in [1.82, 2.24) is 4.98 Å². The molecule has 1 aliphatic rings. The lowest BCUT2D eigenvalue weighted by Crippen LogP contribution is -2.04. The number of nitrogens with two attached hydrogens (primary N) is 1. The van der Waals surface area contributed by atoms with Crippen LogP contribution in [0, 0.1) is 0 Å². The number of pyridine rings is 1. The minimum absolute atomic E-state index is 0.0723. The molecule has 0 bridgehead atoms. The number of aliphatic carboxylic acids is 1. The molecule has 4 nitrogen and oxygen atoms in total. The first kappa shape index (κ1) is 8.99. The van der Waals surface area contributed by atoms with Crippen LogP contribution < -0.4 is 5.73 Å². The fraction of sp³-hybridized carbons (Fsp3) is 0.400. The van der Waals surface area contributed by atoms with E-state index < -0.39 is 5.97 Å². The van der Waals surface area contributed by atoms with Crippen molar-refractivity contribution in [3.8, 4) is 0 Å². The summed E-state index contributed by atoms with van der Waals surface area (Å²) in [7, 11) is 0. The maximum Gasteiger partial charge on any atom is 0.304 e. The van der Waals surface area contributed by atoms with Crippen molar-refractivity contribution < 1.29 is 9.90 Å². The predicted molar refractivity (Wildman–Crippen MR) is 52.0 cm³/mol. The van der Waals surface area contributed by atoms with Gasteiger partial charge in [0, 0.05) is 11.6 Å².